The molecule has 0 aliphatic carbocycles. The van der Waals surface area contributed by atoms with E-state index in [4.69, 9.17) is 11.5 Å². The Morgan fingerprint density at radius 1 is 0.675 bits per heavy atom. The summed E-state index contributed by atoms with van der Waals surface area (Å²) in [5.74, 6) is -5.02. The van der Waals surface area contributed by atoms with Gasteiger partial charge in [0.05, 0.1) is 12.5 Å². The smallest absolute Gasteiger partial charge is 0.326 e. The van der Waals surface area contributed by atoms with Gasteiger partial charge in [-0.05, 0) is 30.5 Å². The second kappa shape index (κ2) is 16.6. The van der Waals surface area contributed by atoms with E-state index in [-0.39, 0.29) is 12.8 Å². The fourth-order valence-corrected chi connectivity index (χ4v) is 3.96. The third-order valence-corrected chi connectivity index (χ3v) is 6.13. The van der Waals surface area contributed by atoms with Gasteiger partial charge in [0.1, 0.15) is 18.1 Å². The van der Waals surface area contributed by atoms with E-state index in [0.29, 0.717) is 36.9 Å². The summed E-state index contributed by atoms with van der Waals surface area (Å²) < 4.78 is 0. The van der Waals surface area contributed by atoms with Crippen molar-refractivity contribution in [2.45, 2.75) is 62.7 Å². The van der Waals surface area contributed by atoms with E-state index in [1.807, 2.05) is 0 Å². The van der Waals surface area contributed by atoms with Crippen LogP contribution in [0.5, 0.6) is 0 Å². The van der Waals surface area contributed by atoms with Crippen molar-refractivity contribution in [1.82, 2.24) is 16.0 Å². The summed E-state index contributed by atoms with van der Waals surface area (Å²) in [6.45, 7) is 0.428. The average Bonchev–Trinajstić information content (AvgIpc) is 2.92. The maximum absolute atomic E-state index is 13.3. The van der Waals surface area contributed by atoms with Crippen molar-refractivity contribution in [1.29, 1.82) is 0 Å². The summed E-state index contributed by atoms with van der Waals surface area (Å²) in [4.78, 5) is 62.4. The lowest BCUT2D eigenvalue weighted by Crippen LogP contribution is -2.58. The lowest BCUT2D eigenvalue weighted by Gasteiger charge is -2.25. The van der Waals surface area contributed by atoms with Crippen molar-refractivity contribution >= 4 is 29.7 Å². The van der Waals surface area contributed by atoms with Gasteiger partial charge in [-0.1, -0.05) is 67.1 Å². The first-order valence-electron chi connectivity index (χ1n) is 13.0. The summed E-state index contributed by atoms with van der Waals surface area (Å²) in [6, 6.07) is 12.4. The first-order valence-corrected chi connectivity index (χ1v) is 13.0. The molecule has 9 N–H and O–H groups in total. The maximum Gasteiger partial charge on any atom is 0.326 e. The number of hydrogen-bond donors (Lipinski definition) is 7. The Morgan fingerprint density at radius 3 is 1.65 bits per heavy atom. The van der Waals surface area contributed by atoms with Crippen LogP contribution in [0.15, 0.2) is 60.7 Å². The molecule has 0 bridgehead atoms. The molecule has 12 nitrogen and oxygen atoms in total. The van der Waals surface area contributed by atoms with Crippen molar-refractivity contribution in [3.63, 3.8) is 0 Å². The lowest BCUT2D eigenvalue weighted by molar-refractivity contribution is -0.143. The van der Waals surface area contributed by atoms with Gasteiger partial charge in [-0.2, -0.15) is 0 Å². The van der Waals surface area contributed by atoms with E-state index in [1.54, 1.807) is 60.7 Å². The molecular formula is C28H37N5O7. The standard InChI is InChI=1S/C28H37N5O7/c29-14-8-7-13-20(30)25(36)31-22(17-24(34)35)27(38)32-21(15-18-9-3-1-4-10-18)26(37)33-23(28(39)40)16-19-11-5-2-6-12-19/h1-6,9-12,20-23H,7-8,13-17,29-30H2,(H,31,36)(H,32,38)(H,33,37)(H,34,35)(H,39,40). The molecule has 40 heavy (non-hydrogen) atoms. The Labute approximate surface area is 232 Å². The third-order valence-electron chi connectivity index (χ3n) is 6.13. The van der Waals surface area contributed by atoms with Crippen LogP contribution < -0.4 is 27.4 Å². The van der Waals surface area contributed by atoms with Gasteiger partial charge in [0.15, 0.2) is 0 Å². The second-order valence-electron chi connectivity index (χ2n) is 9.39. The Hall–Kier alpha value is -4.29. The number of nitrogens with two attached hydrogens (primary N) is 2. The van der Waals surface area contributed by atoms with Crippen LogP contribution in [-0.4, -0.2) is 70.6 Å². The van der Waals surface area contributed by atoms with E-state index in [1.165, 1.54) is 0 Å². The lowest BCUT2D eigenvalue weighted by atomic mass is 10.0. The number of carbonyl (C=O) groups excluding carboxylic acids is 3. The molecule has 216 valence electrons. The minimum absolute atomic E-state index is 0.00760. The monoisotopic (exact) mass is 555 g/mol. The maximum atomic E-state index is 13.3. The zero-order valence-corrected chi connectivity index (χ0v) is 22.1. The number of benzene rings is 2. The summed E-state index contributed by atoms with van der Waals surface area (Å²) in [7, 11) is 0. The van der Waals surface area contributed by atoms with Gasteiger partial charge in [0.2, 0.25) is 17.7 Å². The van der Waals surface area contributed by atoms with Crippen molar-refractivity contribution in [2.24, 2.45) is 11.5 Å². The number of carboxylic acid groups (broad SMARTS) is 2. The predicted octanol–water partition coefficient (Wildman–Crippen LogP) is -0.0582. The number of rotatable bonds is 17. The van der Waals surface area contributed by atoms with E-state index in [0.717, 1.165) is 0 Å². The molecule has 0 heterocycles. The molecule has 2 aromatic carbocycles. The molecule has 12 heteroatoms. The Balaban J connectivity index is 2.21. The highest BCUT2D eigenvalue weighted by Gasteiger charge is 2.31. The summed E-state index contributed by atoms with van der Waals surface area (Å²) in [5.41, 5.74) is 12.7. The van der Waals surface area contributed by atoms with E-state index >= 15 is 0 Å². The number of hydrogen-bond acceptors (Lipinski definition) is 7. The fraction of sp³-hybridized carbons (Fsp3) is 0.393. The van der Waals surface area contributed by atoms with Crippen LogP contribution in [0.4, 0.5) is 0 Å². The first-order chi connectivity index (χ1) is 19.1. The SMILES string of the molecule is NCCCCC(N)C(=O)NC(CC(=O)O)C(=O)NC(Cc1ccccc1)C(=O)NC(Cc1ccccc1)C(=O)O. The Bertz CT molecular complexity index is 1130. The van der Waals surface area contributed by atoms with Crippen molar-refractivity contribution in [3.8, 4) is 0 Å². The van der Waals surface area contributed by atoms with Gasteiger partial charge in [-0.3, -0.25) is 19.2 Å². The van der Waals surface area contributed by atoms with Crippen LogP contribution in [0.1, 0.15) is 36.8 Å². The molecular weight excluding hydrogens is 518 g/mol. The van der Waals surface area contributed by atoms with Crippen LogP contribution in [-0.2, 0) is 36.8 Å². The van der Waals surface area contributed by atoms with Crippen LogP contribution >= 0.6 is 0 Å². The number of nitrogens with one attached hydrogen (secondary N) is 3. The molecule has 0 radical (unpaired) electrons. The molecule has 0 fully saturated rings. The zero-order valence-electron chi connectivity index (χ0n) is 22.1. The third kappa shape index (κ3) is 11.2. The predicted molar refractivity (Wildman–Crippen MR) is 147 cm³/mol. The molecule has 4 unspecified atom stereocenters. The Morgan fingerprint density at radius 2 is 1.15 bits per heavy atom. The van der Waals surface area contributed by atoms with Crippen molar-refractivity contribution < 1.29 is 34.2 Å². The summed E-state index contributed by atoms with van der Waals surface area (Å²) in [5, 5.41) is 26.4. The highest BCUT2D eigenvalue weighted by atomic mass is 16.4. The minimum atomic E-state index is -1.52. The molecule has 2 aromatic rings. The summed E-state index contributed by atoms with van der Waals surface area (Å²) in [6.07, 6.45) is 0.766. The minimum Gasteiger partial charge on any atom is -0.481 e. The van der Waals surface area contributed by atoms with Crippen LogP contribution in [0.25, 0.3) is 0 Å². The highest BCUT2D eigenvalue weighted by Crippen LogP contribution is 2.08. The first kappa shape index (κ1) is 31.9. The molecule has 4 atom stereocenters. The number of carboxylic acids is 2. The quantitative estimate of drug-likeness (QED) is 0.130. The van der Waals surface area contributed by atoms with E-state index in [9.17, 15) is 34.2 Å². The molecule has 3 amide bonds. The number of unbranched alkanes of at least 4 members (excludes halogenated alkanes) is 1. The van der Waals surface area contributed by atoms with Gasteiger partial charge < -0.3 is 37.6 Å². The largest absolute Gasteiger partial charge is 0.481 e. The van der Waals surface area contributed by atoms with Gasteiger partial charge in [0, 0.05) is 12.8 Å². The van der Waals surface area contributed by atoms with Crippen LogP contribution in [0.3, 0.4) is 0 Å². The molecule has 0 spiro atoms. The number of aliphatic carboxylic acids is 2. The van der Waals surface area contributed by atoms with E-state index < -0.39 is 60.2 Å². The van der Waals surface area contributed by atoms with Crippen molar-refractivity contribution in [3.05, 3.63) is 71.8 Å². The number of carbonyl (C=O) groups is 5. The highest BCUT2D eigenvalue weighted by molar-refractivity contribution is 5.95. The molecule has 0 saturated heterocycles. The van der Waals surface area contributed by atoms with Gasteiger partial charge in [-0.25, -0.2) is 4.79 Å². The fourth-order valence-electron chi connectivity index (χ4n) is 3.96. The molecule has 0 aliphatic heterocycles. The van der Waals surface area contributed by atoms with E-state index in [2.05, 4.69) is 16.0 Å². The summed E-state index contributed by atoms with van der Waals surface area (Å²) >= 11 is 0. The molecule has 0 saturated carbocycles. The van der Waals surface area contributed by atoms with Gasteiger partial charge in [0.25, 0.3) is 0 Å². The van der Waals surface area contributed by atoms with Crippen molar-refractivity contribution in [2.75, 3.05) is 6.54 Å². The van der Waals surface area contributed by atoms with Crippen LogP contribution in [0.2, 0.25) is 0 Å². The van der Waals surface area contributed by atoms with Crippen LogP contribution in [0, 0.1) is 0 Å². The molecule has 2 rings (SSSR count). The topological polar surface area (TPSA) is 214 Å². The number of amides is 3. The molecule has 0 aliphatic rings. The zero-order chi connectivity index (χ0) is 29.5. The molecule has 0 aromatic heterocycles. The van der Waals surface area contributed by atoms with Gasteiger partial charge >= 0.3 is 11.9 Å². The average molecular weight is 556 g/mol. The van der Waals surface area contributed by atoms with Gasteiger partial charge in [-0.15, -0.1) is 0 Å². The second-order valence-corrected chi connectivity index (χ2v) is 9.39. The Kier molecular flexibility index (Phi) is 13.3. The normalized spacial score (nSPS) is 13.8.